The second-order valence-corrected chi connectivity index (χ2v) is 7.59. The monoisotopic (exact) mass is 344 g/mol. The maximum absolute atomic E-state index is 12.8. The molecule has 136 valence electrons. The molecule has 1 aromatic carbocycles. The molecule has 5 heteroatoms. The van der Waals surface area contributed by atoms with E-state index in [-0.39, 0.29) is 30.1 Å². The van der Waals surface area contributed by atoms with Gasteiger partial charge in [0.25, 0.3) is 0 Å². The van der Waals surface area contributed by atoms with Gasteiger partial charge in [0.05, 0.1) is 24.7 Å². The first-order valence-electron chi connectivity index (χ1n) is 9.24. The number of amides is 2. The fraction of sp³-hybridized carbons (Fsp3) is 0.600. The van der Waals surface area contributed by atoms with E-state index in [9.17, 15) is 9.59 Å². The predicted molar refractivity (Wildman–Crippen MR) is 95.9 cm³/mol. The number of benzene rings is 1. The molecule has 2 aliphatic rings. The molecule has 0 aromatic heterocycles. The van der Waals surface area contributed by atoms with E-state index in [1.165, 1.54) is 4.90 Å². The summed E-state index contributed by atoms with van der Waals surface area (Å²) in [7, 11) is 0. The zero-order valence-electron chi connectivity index (χ0n) is 15.4. The zero-order valence-corrected chi connectivity index (χ0v) is 15.4. The van der Waals surface area contributed by atoms with Gasteiger partial charge in [-0.05, 0) is 24.8 Å². The smallest absolute Gasteiger partial charge is 0.247 e. The Labute approximate surface area is 149 Å². The standard InChI is InChI=1S/C20H28N2O3/c1-14(2)9-10-22-19(23)11-17(20(22)24)21-12-15(3)25-18(13-21)16-7-5-4-6-8-16/h4-8,14-15,17-18H,9-13H2,1-3H3/t15-,17-,18-/m0/s1. The van der Waals surface area contributed by atoms with Crippen molar-refractivity contribution in [3.8, 4) is 0 Å². The summed E-state index contributed by atoms with van der Waals surface area (Å²) in [6, 6.07) is 9.76. The van der Waals surface area contributed by atoms with Crippen molar-refractivity contribution >= 4 is 11.8 Å². The van der Waals surface area contributed by atoms with Crippen molar-refractivity contribution in [2.75, 3.05) is 19.6 Å². The Morgan fingerprint density at radius 3 is 2.56 bits per heavy atom. The molecule has 0 N–H and O–H groups in total. The molecular weight excluding hydrogens is 316 g/mol. The Morgan fingerprint density at radius 1 is 1.16 bits per heavy atom. The molecule has 0 unspecified atom stereocenters. The van der Waals surface area contributed by atoms with Gasteiger partial charge < -0.3 is 4.74 Å². The summed E-state index contributed by atoms with van der Waals surface area (Å²) >= 11 is 0. The van der Waals surface area contributed by atoms with Crippen LogP contribution in [0, 0.1) is 5.92 Å². The minimum Gasteiger partial charge on any atom is -0.368 e. The second-order valence-electron chi connectivity index (χ2n) is 7.59. The lowest BCUT2D eigenvalue weighted by atomic mass is 10.0. The maximum atomic E-state index is 12.8. The maximum Gasteiger partial charge on any atom is 0.247 e. The van der Waals surface area contributed by atoms with E-state index in [1.54, 1.807) is 0 Å². The van der Waals surface area contributed by atoms with Crippen molar-refractivity contribution in [2.24, 2.45) is 5.92 Å². The van der Waals surface area contributed by atoms with E-state index in [0.29, 0.717) is 32.0 Å². The van der Waals surface area contributed by atoms with Crippen LogP contribution in [0.15, 0.2) is 30.3 Å². The Kier molecular flexibility index (Phi) is 5.54. The molecule has 3 atom stereocenters. The fourth-order valence-corrected chi connectivity index (χ4v) is 3.66. The van der Waals surface area contributed by atoms with Gasteiger partial charge in [-0.25, -0.2) is 0 Å². The number of carbonyl (C=O) groups excluding carboxylic acids is 2. The summed E-state index contributed by atoms with van der Waals surface area (Å²) in [5.41, 5.74) is 1.12. The number of hydrogen-bond donors (Lipinski definition) is 0. The third kappa shape index (κ3) is 4.10. The first-order chi connectivity index (χ1) is 12.0. The number of morpholine rings is 1. The van der Waals surface area contributed by atoms with Crippen molar-refractivity contribution < 1.29 is 14.3 Å². The Morgan fingerprint density at radius 2 is 1.88 bits per heavy atom. The van der Waals surface area contributed by atoms with E-state index in [4.69, 9.17) is 4.74 Å². The van der Waals surface area contributed by atoms with Crippen molar-refractivity contribution in [3.05, 3.63) is 35.9 Å². The normalized spacial score (nSPS) is 28.2. The van der Waals surface area contributed by atoms with Crippen molar-refractivity contribution in [1.29, 1.82) is 0 Å². The van der Waals surface area contributed by atoms with E-state index < -0.39 is 0 Å². The highest BCUT2D eigenvalue weighted by atomic mass is 16.5. The van der Waals surface area contributed by atoms with Gasteiger partial charge in [0, 0.05) is 19.6 Å². The van der Waals surface area contributed by atoms with Crippen molar-refractivity contribution in [3.63, 3.8) is 0 Å². The summed E-state index contributed by atoms with van der Waals surface area (Å²) in [5, 5.41) is 0. The Bertz CT molecular complexity index is 617. The summed E-state index contributed by atoms with van der Waals surface area (Å²) in [5.74, 6) is 0.406. The SMILES string of the molecule is CC(C)CCN1C(=O)C[C@H](N2C[C@@H](c3ccccc3)O[C@@H](C)C2)C1=O. The number of carbonyl (C=O) groups is 2. The lowest BCUT2D eigenvalue weighted by Gasteiger charge is -2.39. The molecule has 0 aliphatic carbocycles. The minimum absolute atomic E-state index is 0.0339. The van der Waals surface area contributed by atoms with Crippen LogP contribution in [-0.2, 0) is 14.3 Å². The Balaban J connectivity index is 1.70. The first-order valence-corrected chi connectivity index (χ1v) is 9.24. The van der Waals surface area contributed by atoms with Crippen LogP contribution in [-0.4, -0.2) is 53.4 Å². The summed E-state index contributed by atoms with van der Waals surface area (Å²) in [6.45, 7) is 8.11. The molecule has 2 aliphatic heterocycles. The van der Waals surface area contributed by atoms with Gasteiger partial charge in [-0.15, -0.1) is 0 Å². The minimum atomic E-state index is -0.336. The third-order valence-electron chi connectivity index (χ3n) is 5.05. The third-order valence-corrected chi connectivity index (χ3v) is 5.05. The van der Waals surface area contributed by atoms with E-state index in [2.05, 4.69) is 30.9 Å². The van der Waals surface area contributed by atoms with Crippen molar-refractivity contribution in [1.82, 2.24) is 9.80 Å². The highest BCUT2D eigenvalue weighted by molar-refractivity contribution is 6.05. The second kappa shape index (κ2) is 7.67. The van der Waals surface area contributed by atoms with E-state index in [1.807, 2.05) is 25.1 Å². The van der Waals surface area contributed by atoms with Crippen LogP contribution >= 0.6 is 0 Å². The predicted octanol–water partition coefficient (Wildman–Crippen LogP) is 2.62. The van der Waals surface area contributed by atoms with Crippen LogP contribution in [0.4, 0.5) is 0 Å². The summed E-state index contributed by atoms with van der Waals surface area (Å²) in [4.78, 5) is 28.7. The number of ether oxygens (including phenoxy) is 1. The van der Waals surface area contributed by atoms with Gasteiger partial charge in [-0.2, -0.15) is 0 Å². The van der Waals surface area contributed by atoms with Crippen LogP contribution in [0.1, 0.15) is 45.3 Å². The molecular formula is C20H28N2O3. The Hall–Kier alpha value is -1.72. The molecule has 0 bridgehead atoms. The van der Waals surface area contributed by atoms with E-state index in [0.717, 1.165) is 12.0 Å². The summed E-state index contributed by atoms with van der Waals surface area (Å²) in [6.07, 6.45) is 1.13. The van der Waals surface area contributed by atoms with E-state index >= 15 is 0 Å². The average Bonchev–Trinajstić information content (AvgIpc) is 2.87. The highest BCUT2D eigenvalue weighted by Gasteiger charge is 2.44. The van der Waals surface area contributed by atoms with Crippen LogP contribution in [0.25, 0.3) is 0 Å². The molecule has 2 heterocycles. The molecule has 0 radical (unpaired) electrons. The molecule has 5 nitrogen and oxygen atoms in total. The van der Waals surface area contributed by atoms with Crippen LogP contribution in [0.3, 0.4) is 0 Å². The van der Waals surface area contributed by atoms with Gasteiger partial charge in [0.2, 0.25) is 11.8 Å². The number of likely N-dealkylation sites (tertiary alicyclic amines) is 1. The van der Waals surface area contributed by atoms with Gasteiger partial charge in [-0.1, -0.05) is 44.2 Å². The lowest BCUT2D eigenvalue weighted by molar-refractivity contribution is -0.142. The number of imide groups is 1. The molecule has 2 saturated heterocycles. The number of nitrogens with zero attached hydrogens (tertiary/aromatic N) is 2. The molecule has 3 rings (SSSR count). The fourth-order valence-electron chi connectivity index (χ4n) is 3.66. The van der Waals surface area contributed by atoms with Gasteiger partial charge >= 0.3 is 0 Å². The largest absolute Gasteiger partial charge is 0.368 e. The zero-order chi connectivity index (χ0) is 18.0. The van der Waals surface area contributed by atoms with Crippen molar-refractivity contribution in [2.45, 2.75) is 51.9 Å². The van der Waals surface area contributed by atoms with Gasteiger partial charge in [-0.3, -0.25) is 19.4 Å². The highest BCUT2D eigenvalue weighted by Crippen LogP contribution is 2.29. The quantitative estimate of drug-likeness (QED) is 0.771. The molecule has 25 heavy (non-hydrogen) atoms. The molecule has 2 fully saturated rings. The molecule has 2 amide bonds. The molecule has 0 saturated carbocycles. The molecule has 0 spiro atoms. The lowest BCUT2D eigenvalue weighted by Crippen LogP contribution is -2.50. The van der Waals surface area contributed by atoms with Gasteiger partial charge in [0.1, 0.15) is 0 Å². The van der Waals surface area contributed by atoms with Crippen LogP contribution in [0.5, 0.6) is 0 Å². The summed E-state index contributed by atoms with van der Waals surface area (Å²) < 4.78 is 6.08. The number of hydrogen-bond acceptors (Lipinski definition) is 4. The van der Waals surface area contributed by atoms with Gasteiger partial charge in [0.15, 0.2) is 0 Å². The molecule has 1 aromatic rings. The average molecular weight is 344 g/mol. The number of rotatable bonds is 5. The topological polar surface area (TPSA) is 49.9 Å². The first kappa shape index (κ1) is 18.1. The van der Waals surface area contributed by atoms with Crippen LogP contribution < -0.4 is 0 Å². The van der Waals surface area contributed by atoms with Crippen LogP contribution in [0.2, 0.25) is 0 Å².